The number of rotatable bonds is 6. The summed E-state index contributed by atoms with van der Waals surface area (Å²) >= 11 is 0. The second-order valence-electron chi connectivity index (χ2n) is 6.49. The molecule has 1 heterocycles. The van der Waals surface area contributed by atoms with Gasteiger partial charge in [0, 0.05) is 24.7 Å². The molecule has 0 bridgehead atoms. The van der Waals surface area contributed by atoms with Crippen molar-refractivity contribution >= 4 is 15.9 Å². The molecular weight excluding hydrogens is 364 g/mol. The lowest BCUT2D eigenvalue weighted by atomic mass is 10.1. The van der Waals surface area contributed by atoms with Crippen molar-refractivity contribution in [3.05, 3.63) is 60.2 Å². The molecule has 7 heteroatoms. The Labute approximate surface area is 160 Å². The normalized spacial score (nSPS) is 16.0. The van der Waals surface area contributed by atoms with Crippen LogP contribution >= 0.6 is 0 Å². The summed E-state index contributed by atoms with van der Waals surface area (Å²) in [6.07, 6.45) is 1.25. The first kappa shape index (κ1) is 19.4. The molecule has 0 radical (unpaired) electrons. The maximum atomic E-state index is 12.4. The van der Waals surface area contributed by atoms with Gasteiger partial charge >= 0.3 is 0 Å². The van der Waals surface area contributed by atoms with Crippen LogP contribution in [0.25, 0.3) is 0 Å². The van der Waals surface area contributed by atoms with Crippen LogP contribution in [-0.4, -0.2) is 43.5 Å². The summed E-state index contributed by atoms with van der Waals surface area (Å²) in [5.74, 6) is 1.36. The van der Waals surface area contributed by atoms with Crippen LogP contribution in [0.4, 0.5) is 0 Å². The van der Waals surface area contributed by atoms with Gasteiger partial charge in [0.1, 0.15) is 11.5 Å². The predicted molar refractivity (Wildman–Crippen MR) is 104 cm³/mol. The smallest absolute Gasteiger partial charge is 0.251 e. The Kier molecular flexibility index (Phi) is 6.13. The Balaban J connectivity index is 1.53. The van der Waals surface area contributed by atoms with Crippen LogP contribution in [0.2, 0.25) is 0 Å². The molecule has 0 saturated carbocycles. The lowest BCUT2D eigenvalue weighted by molar-refractivity contribution is 0.0924. The average Bonchev–Trinajstić information content (AvgIpc) is 2.70. The number of ether oxygens (including phenoxy) is 1. The summed E-state index contributed by atoms with van der Waals surface area (Å²) < 4.78 is 31.0. The van der Waals surface area contributed by atoms with Gasteiger partial charge in [-0.2, -0.15) is 0 Å². The molecule has 0 atom stereocenters. The third-order valence-electron chi connectivity index (χ3n) is 4.64. The third-order valence-corrected chi connectivity index (χ3v) is 6.52. The Hall–Kier alpha value is -2.38. The van der Waals surface area contributed by atoms with Crippen LogP contribution in [0.1, 0.15) is 30.1 Å². The summed E-state index contributed by atoms with van der Waals surface area (Å²) in [7, 11) is -3.15. The van der Waals surface area contributed by atoms with Gasteiger partial charge in [0.05, 0.1) is 5.75 Å². The molecule has 0 spiro atoms. The number of amides is 1. The predicted octanol–water partition coefficient (Wildman–Crippen LogP) is 3.02. The molecule has 3 rings (SSSR count). The van der Waals surface area contributed by atoms with E-state index in [2.05, 4.69) is 5.32 Å². The van der Waals surface area contributed by atoms with Crippen molar-refractivity contribution in [1.29, 1.82) is 0 Å². The molecule has 0 unspecified atom stereocenters. The van der Waals surface area contributed by atoms with E-state index in [9.17, 15) is 13.2 Å². The quantitative estimate of drug-likeness (QED) is 0.825. The highest BCUT2D eigenvalue weighted by atomic mass is 32.2. The molecule has 2 aromatic rings. The number of benzene rings is 2. The van der Waals surface area contributed by atoms with E-state index in [-0.39, 0.29) is 17.7 Å². The SMILES string of the molecule is CCS(=O)(=O)N1CCC(NC(=O)c2ccc(Oc3ccccc3)cc2)CC1. The fraction of sp³-hybridized carbons (Fsp3) is 0.350. The Morgan fingerprint density at radius 1 is 1.04 bits per heavy atom. The van der Waals surface area contributed by atoms with Crippen LogP contribution in [0, 0.1) is 0 Å². The number of hydrogen-bond donors (Lipinski definition) is 1. The van der Waals surface area contributed by atoms with Crippen molar-refractivity contribution in [2.24, 2.45) is 0 Å². The van der Waals surface area contributed by atoms with Crippen molar-refractivity contribution in [3.63, 3.8) is 0 Å². The summed E-state index contributed by atoms with van der Waals surface area (Å²) in [5.41, 5.74) is 0.555. The maximum Gasteiger partial charge on any atom is 0.251 e. The van der Waals surface area contributed by atoms with E-state index < -0.39 is 10.0 Å². The van der Waals surface area contributed by atoms with Crippen LogP contribution in [0.15, 0.2) is 54.6 Å². The summed E-state index contributed by atoms with van der Waals surface area (Å²) in [6, 6.07) is 16.4. The molecule has 6 nitrogen and oxygen atoms in total. The number of para-hydroxylation sites is 1. The molecule has 1 fully saturated rings. The Morgan fingerprint density at radius 3 is 2.22 bits per heavy atom. The molecule has 1 aliphatic rings. The van der Waals surface area contributed by atoms with Gasteiger partial charge in [-0.15, -0.1) is 0 Å². The molecule has 0 aromatic heterocycles. The second kappa shape index (κ2) is 8.54. The highest BCUT2D eigenvalue weighted by Gasteiger charge is 2.27. The highest BCUT2D eigenvalue weighted by molar-refractivity contribution is 7.89. The minimum absolute atomic E-state index is 0.0129. The molecule has 1 N–H and O–H groups in total. The number of nitrogens with one attached hydrogen (secondary N) is 1. The zero-order valence-electron chi connectivity index (χ0n) is 15.3. The zero-order chi connectivity index (χ0) is 19.3. The molecule has 1 amide bonds. The van der Waals surface area contributed by atoms with E-state index >= 15 is 0 Å². The van der Waals surface area contributed by atoms with E-state index in [4.69, 9.17) is 4.74 Å². The van der Waals surface area contributed by atoms with E-state index in [1.165, 1.54) is 4.31 Å². The fourth-order valence-corrected chi connectivity index (χ4v) is 4.16. The molecule has 0 aliphatic carbocycles. The molecule has 2 aromatic carbocycles. The largest absolute Gasteiger partial charge is 0.457 e. The van der Waals surface area contributed by atoms with Gasteiger partial charge in [-0.25, -0.2) is 12.7 Å². The van der Waals surface area contributed by atoms with Gasteiger partial charge < -0.3 is 10.1 Å². The van der Waals surface area contributed by atoms with Crippen molar-refractivity contribution in [3.8, 4) is 11.5 Å². The van der Waals surface area contributed by atoms with Gasteiger partial charge in [0.15, 0.2) is 0 Å². The Morgan fingerprint density at radius 2 is 1.63 bits per heavy atom. The lowest BCUT2D eigenvalue weighted by Crippen LogP contribution is -2.46. The van der Waals surface area contributed by atoms with Crippen LogP contribution in [0.3, 0.4) is 0 Å². The molecule has 1 aliphatic heterocycles. The topological polar surface area (TPSA) is 75.7 Å². The lowest BCUT2D eigenvalue weighted by Gasteiger charge is -2.31. The first-order valence-corrected chi connectivity index (χ1v) is 10.7. The maximum absolute atomic E-state index is 12.4. The number of piperidine rings is 1. The van der Waals surface area contributed by atoms with E-state index in [1.807, 2.05) is 30.3 Å². The third kappa shape index (κ3) is 5.08. The standard InChI is InChI=1S/C20H24N2O4S/c1-2-27(24,25)22-14-12-17(13-15-22)21-20(23)16-8-10-19(11-9-16)26-18-6-4-3-5-7-18/h3-11,17H,2,12-15H2,1H3,(H,21,23). The number of nitrogens with zero attached hydrogens (tertiary/aromatic N) is 1. The van der Waals surface area contributed by atoms with Crippen molar-refractivity contribution in [2.45, 2.75) is 25.8 Å². The average molecular weight is 388 g/mol. The van der Waals surface area contributed by atoms with Gasteiger partial charge in [-0.1, -0.05) is 18.2 Å². The van der Waals surface area contributed by atoms with Gasteiger partial charge in [-0.3, -0.25) is 4.79 Å². The van der Waals surface area contributed by atoms with Crippen molar-refractivity contribution in [1.82, 2.24) is 9.62 Å². The first-order valence-electron chi connectivity index (χ1n) is 9.09. The molecule has 1 saturated heterocycles. The second-order valence-corrected chi connectivity index (χ2v) is 8.74. The summed E-state index contributed by atoms with van der Waals surface area (Å²) in [4.78, 5) is 12.4. The van der Waals surface area contributed by atoms with Crippen molar-refractivity contribution in [2.75, 3.05) is 18.8 Å². The monoisotopic (exact) mass is 388 g/mol. The van der Waals surface area contributed by atoms with Gasteiger partial charge in [0.25, 0.3) is 5.91 Å². The summed E-state index contributed by atoms with van der Waals surface area (Å²) in [6.45, 7) is 2.55. The van der Waals surface area contributed by atoms with Gasteiger partial charge in [0.2, 0.25) is 10.0 Å². The molecule has 144 valence electrons. The fourth-order valence-electron chi connectivity index (χ4n) is 3.03. The molecular formula is C20H24N2O4S. The zero-order valence-corrected chi connectivity index (χ0v) is 16.1. The van der Waals surface area contributed by atoms with Crippen LogP contribution < -0.4 is 10.1 Å². The first-order chi connectivity index (χ1) is 13.0. The number of sulfonamides is 1. The van der Waals surface area contributed by atoms with Gasteiger partial charge in [-0.05, 0) is 56.2 Å². The number of carbonyl (C=O) groups is 1. The van der Waals surface area contributed by atoms with E-state index in [0.717, 1.165) is 5.75 Å². The minimum atomic E-state index is -3.15. The Bertz CT molecular complexity index is 859. The number of hydrogen-bond acceptors (Lipinski definition) is 4. The van der Waals surface area contributed by atoms with Crippen LogP contribution in [0.5, 0.6) is 11.5 Å². The van der Waals surface area contributed by atoms with Crippen molar-refractivity contribution < 1.29 is 17.9 Å². The summed E-state index contributed by atoms with van der Waals surface area (Å²) in [5, 5.41) is 2.99. The van der Waals surface area contributed by atoms with E-state index in [1.54, 1.807) is 31.2 Å². The van der Waals surface area contributed by atoms with E-state index in [0.29, 0.717) is 37.2 Å². The molecule has 27 heavy (non-hydrogen) atoms. The minimum Gasteiger partial charge on any atom is -0.457 e. The highest BCUT2D eigenvalue weighted by Crippen LogP contribution is 2.21. The van der Waals surface area contributed by atoms with Crippen LogP contribution in [-0.2, 0) is 10.0 Å². The number of carbonyl (C=O) groups excluding carboxylic acids is 1.